The fourth-order valence-corrected chi connectivity index (χ4v) is 7.96. The number of Topliss-reactive ketones (excluding diaryl/α,β-unsaturated/α-hetero) is 1. The number of piperidine rings is 2. The molecule has 236 valence electrons. The first-order valence-electron chi connectivity index (χ1n) is 15.4. The highest BCUT2D eigenvalue weighted by Gasteiger charge is 2.54. The number of carbonyl (C=O) groups excluding carboxylic acids is 3. The maximum absolute atomic E-state index is 12.4. The Kier molecular flexibility index (Phi) is 9.82. The number of nitrogens with zero attached hydrogens (tertiary/aromatic N) is 2. The van der Waals surface area contributed by atoms with Gasteiger partial charge in [-0.05, 0) is 51.9 Å². The van der Waals surface area contributed by atoms with Crippen LogP contribution in [-0.4, -0.2) is 101 Å². The lowest BCUT2D eigenvalue weighted by Gasteiger charge is -2.44. The summed E-state index contributed by atoms with van der Waals surface area (Å²) in [5, 5.41) is 20.0. The maximum Gasteiger partial charge on any atom is 0.338 e. The number of rotatable bonds is 7. The van der Waals surface area contributed by atoms with Crippen molar-refractivity contribution >= 4 is 23.7 Å². The van der Waals surface area contributed by atoms with Gasteiger partial charge in [-0.25, -0.2) is 4.79 Å². The molecule has 2 aromatic carbocycles. The number of hydrogen-bond donors (Lipinski definition) is 2. The van der Waals surface area contributed by atoms with Crippen LogP contribution in [-0.2, 0) is 19.1 Å². The Labute approximate surface area is 257 Å². The minimum atomic E-state index is -0.970. The van der Waals surface area contributed by atoms with E-state index in [1.807, 2.05) is 38.4 Å². The van der Waals surface area contributed by atoms with Gasteiger partial charge in [0.25, 0.3) is 0 Å². The SMILES string of the molecule is CN1[C@@H]2CC[C@H]1C(CC(=O)c1ccccc1)[C@H](O)[C@@H]2C(=O)O.COC(=O)C1C(OC(=O)c2ccccc2)CC2CCC1N2C. The monoisotopic (exact) mass is 606 g/mol. The molecule has 0 radical (unpaired) electrons. The van der Waals surface area contributed by atoms with Crippen LogP contribution in [0, 0.1) is 17.8 Å². The molecule has 4 heterocycles. The molecule has 0 spiro atoms. The minimum Gasteiger partial charge on any atom is -0.481 e. The van der Waals surface area contributed by atoms with Crippen molar-refractivity contribution in [3.8, 4) is 0 Å². The van der Waals surface area contributed by atoms with Crippen LogP contribution in [0.2, 0.25) is 0 Å². The van der Waals surface area contributed by atoms with E-state index in [4.69, 9.17) is 9.47 Å². The topological polar surface area (TPSA) is 134 Å². The van der Waals surface area contributed by atoms with E-state index in [9.17, 15) is 29.4 Å². The standard InChI is InChI=1S/2C17H21NO4/c1-18-12-8-9-13(18)15(17(20)21-2)14(10-12)22-16(19)11-6-4-3-5-7-11;1-18-12-7-8-13(18)15(17(21)22)16(20)11(12)9-14(19)10-5-3-2-4-6-10/h3-7,12-15H,8-10H2,1-2H3;2-6,11-13,15-16,20H,7-9H2,1H3,(H,21,22)/t;11?,12-,13+,15+,16-/m.0/s1. The summed E-state index contributed by atoms with van der Waals surface area (Å²) < 4.78 is 10.6. The number of aliphatic hydroxyl groups is 1. The molecule has 44 heavy (non-hydrogen) atoms. The van der Waals surface area contributed by atoms with Gasteiger partial charge in [-0.3, -0.25) is 24.2 Å². The number of carbonyl (C=O) groups is 4. The average Bonchev–Trinajstić information content (AvgIpc) is 3.44. The van der Waals surface area contributed by atoms with Gasteiger partial charge in [0.05, 0.1) is 24.7 Å². The van der Waals surface area contributed by atoms with Gasteiger partial charge in [0.2, 0.25) is 0 Å². The Morgan fingerprint density at radius 3 is 1.98 bits per heavy atom. The van der Waals surface area contributed by atoms with E-state index < -0.39 is 30.0 Å². The molecule has 4 saturated heterocycles. The van der Waals surface area contributed by atoms with Crippen molar-refractivity contribution in [3.05, 3.63) is 71.8 Å². The second kappa shape index (κ2) is 13.6. The molecule has 9 atom stereocenters. The second-order valence-electron chi connectivity index (χ2n) is 12.4. The van der Waals surface area contributed by atoms with Gasteiger partial charge < -0.3 is 19.7 Å². The summed E-state index contributed by atoms with van der Waals surface area (Å²) in [6.07, 6.45) is 3.10. The van der Waals surface area contributed by atoms with E-state index >= 15 is 0 Å². The lowest BCUT2D eigenvalue weighted by Crippen LogP contribution is -2.57. The highest BCUT2D eigenvalue weighted by atomic mass is 16.6. The van der Waals surface area contributed by atoms with Gasteiger partial charge >= 0.3 is 17.9 Å². The first-order valence-corrected chi connectivity index (χ1v) is 15.4. The zero-order valence-electron chi connectivity index (χ0n) is 25.5. The first-order chi connectivity index (χ1) is 21.1. The predicted molar refractivity (Wildman–Crippen MR) is 161 cm³/mol. The van der Waals surface area contributed by atoms with Crippen molar-refractivity contribution in [1.82, 2.24) is 9.80 Å². The fourth-order valence-electron chi connectivity index (χ4n) is 7.96. The number of ketones is 1. The van der Waals surface area contributed by atoms with Gasteiger partial charge in [-0.15, -0.1) is 0 Å². The highest BCUT2D eigenvalue weighted by molar-refractivity contribution is 5.96. The number of fused-ring (bicyclic) bond motifs is 4. The van der Waals surface area contributed by atoms with Crippen LogP contribution in [0.5, 0.6) is 0 Å². The van der Waals surface area contributed by atoms with Crippen molar-refractivity contribution in [2.24, 2.45) is 17.8 Å². The van der Waals surface area contributed by atoms with Crippen LogP contribution >= 0.6 is 0 Å². The maximum atomic E-state index is 12.4. The van der Waals surface area contributed by atoms with E-state index in [0.717, 1.165) is 25.7 Å². The third-order valence-electron chi connectivity index (χ3n) is 10.3. The van der Waals surface area contributed by atoms with Gasteiger partial charge in [-0.1, -0.05) is 48.5 Å². The molecule has 5 unspecified atom stereocenters. The van der Waals surface area contributed by atoms with Crippen LogP contribution in [0.25, 0.3) is 0 Å². The van der Waals surface area contributed by atoms with Gasteiger partial charge in [0.15, 0.2) is 5.78 Å². The Bertz CT molecular complexity index is 1340. The van der Waals surface area contributed by atoms with E-state index in [1.165, 1.54) is 7.11 Å². The summed E-state index contributed by atoms with van der Waals surface area (Å²) in [7, 11) is 5.33. The minimum absolute atomic E-state index is 0.0347. The van der Waals surface area contributed by atoms with Crippen LogP contribution in [0.4, 0.5) is 0 Å². The number of carboxylic acid groups (broad SMARTS) is 1. The molecule has 10 nitrogen and oxygen atoms in total. The molecule has 0 amide bonds. The largest absolute Gasteiger partial charge is 0.481 e. The molecule has 0 saturated carbocycles. The number of aliphatic carboxylic acids is 1. The van der Waals surface area contributed by atoms with Crippen molar-refractivity contribution in [1.29, 1.82) is 0 Å². The van der Waals surface area contributed by atoms with Gasteiger partial charge in [0, 0.05) is 48.5 Å². The van der Waals surface area contributed by atoms with Crippen LogP contribution in [0.15, 0.2) is 60.7 Å². The zero-order valence-corrected chi connectivity index (χ0v) is 25.5. The van der Waals surface area contributed by atoms with Crippen LogP contribution in [0.1, 0.15) is 59.2 Å². The van der Waals surface area contributed by atoms with E-state index in [2.05, 4.69) is 9.80 Å². The summed E-state index contributed by atoms with van der Waals surface area (Å²) in [6.45, 7) is 0. The average molecular weight is 607 g/mol. The number of hydrogen-bond acceptors (Lipinski definition) is 9. The quantitative estimate of drug-likeness (QED) is 0.357. The van der Waals surface area contributed by atoms with Gasteiger partial charge in [-0.2, -0.15) is 0 Å². The number of esters is 2. The molecule has 4 aliphatic heterocycles. The summed E-state index contributed by atoms with van der Waals surface area (Å²) in [6, 6.07) is 18.3. The number of carboxylic acids is 1. The van der Waals surface area contributed by atoms with E-state index in [1.54, 1.807) is 36.4 Å². The summed E-state index contributed by atoms with van der Waals surface area (Å²) in [5.74, 6) is -3.20. The normalized spacial score (nSPS) is 32.7. The second-order valence-corrected chi connectivity index (χ2v) is 12.4. The Morgan fingerprint density at radius 2 is 1.36 bits per heavy atom. The molecule has 10 heteroatoms. The van der Waals surface area contributed by atoms with Crippen LogP contribution in [0.3, 0.4) is 0 Å². The molecule has 4 fully saturated rings. The lowest BCUT2D eigenvalue weighted by atomic mass is 9.77. The molecule has 4 bridgehead atoms. The Balaban J connectivity index is 0.000000175. The molecular weight excluding hydrogens is 564 g/mol. The molecule has 2 aromatic rings. The van der Waals surface area contributed by atoms with E-state index in [0.29, 0.717) is 23.6 Å². The summed E-state index contributed by atoms with van der Waals surface area (Å²) in [5.41, 5.74) is 1.13. The first kappa shape index (κ1) is 31.8. The van der Waals surface area contributed by atoms with Crippen molar-refractivity contribution < 1.29 is 38.9 Å². The van der Waals surface area contributed by atoms with Crippen molar-refractivity contribution in [2.75, 3.05) is 21.2 Å². The smallest absolute Gasteiger partial charge is 0.338 e. The lowest BCUT2D eigenvalue weighted by molar-refractivity contribution is -0.157. The summed E-state index contributed by atoms with van der Waals surface area (Å²) in [4.78, 5) is 52.7. The van der Waals surface area contributed by atoms with Crippen molar-refractivity contribution in [2.45, 2.75) is 74.9 Å². The molecule has 4 aliphatic rings. The summed E-state index contributed by atoms with van der Waals surface area (Å²) >= 11 is 0. The molecule has 0 aliphatic carbocycles. The number of benzene rings is 2. The van der Waals surface area contributed by atoms with Crippen molar-refractivity contribution in [3.63, 3.8) is 0 Å². The Hall–Kier alpha value is -3.60. The third kappa shape index (κ3) is 6.29. The Morgan fingerprint density at radius 1 is 0.795 bits per heavy atom. The number of aliphatic hydroxyl groups excluding tert-OH is 1. The fraction of sp³-hybridized carbons (Fsp3) is 0.529. The van der Waals surface area contributed by atoms with Gasteiger partial charge in [0.1, 0.15) is 12.0 Å². The zero-order chi connectivity index (χ0) is 31.5. The highest BCUT2D eigenvalue weighted by Crippen LogP contribution is 2.43. The number of methoxy groups -OCH3 is 1. The predicted octanol–water partition coefficient (Wildman–Crippen LogP) is 3.28. The molecular formula is C34H42N2O8. The third-order valence-corrected chi connectivity index (χ3v) is 10.3. The number of ether oxygens (including phenoxy) is 2. The molecule has 6 rings (SSSR count). The van der Waals surface area contributed by atoms with E-state index in [-0.39, 0.29) is 48.2 Å². The van der Waals surface area contributed by atoms with Crippen LogP contribution < -0.4 is 0 Å². The molecule has 0 aromatic heterocycles. The molecule has 2 N–H and O–H groups in total.